The van der Waals surface area contributed by atoms with Gasteiger partial charge in [0.2, 0.25) is 13.3 Å². The molecule has 0 bridgehead atoms. The SMILES string of the molecule is CCOP(C)(=O)C[C@@H](OCC(=O)NC)[C@H]1O[C@@H](n2cc(C)c(=O)[nH]c2=O)[C@H](OCCOC)[C@@H]1O[Si](C)(C)C(C)(C)C. The lowest BCUT2D eigenvalue weighted by Gasteiger charge is -2.41. The summed E-state index contributed by atoms with van der Waals surface area (Å²) in [6, 6.07) is 0. The van der Waals surface area contributed by atoms with Crippen LogP contribution in [0.4, 0.5) is 0 Å². The number of aryl methyl sites for hydroxylation is 1. The van der Waals surface area contributed by atoms with Crippen molar-refractivity contribution in [3.8, 4) is 0 Å². The van der Waals surface area contributed by atoms with Gasteiger partial charge < -0.3 is 33.2 Å². The Hall–Kier alpha value is -1.64. The fourth-order valence-electron chi connectivity index (χ4n) is 4.22. The summed E-state index contributed by atoms with van der Waals surface area (Å²) in [5.41, 5.74) is -0.894. The summed E-state index contributed by atoms with van der Waals surface area (Å²) in [7, 11) is -2.67. The quantitative estimate of drug-likeness (QED) is 0.169. The van der Waals surface area contributed by atoms with Gasteiger partial charge in [0.05, 0.1) is 32.1 Å². The number of ether oxygens (including phenoxy) is 4. The minimum atomic E-state index is -3.20. The van der Waals surface area contributed by atoms with Crippen LogP contribution in [0.3, 0.4) is 0 Å². The first-order chi connectivity index (χ1) is 19.0. The van der Waals surface area contributed by atoms with Crippen molar-refractivity contribution in [2.24, 2.45) is 0 Å². The molecule has 1 aliphatic rings. The van der Waals surface area contributed by atoms with Crippen LogP contribution < -0.4 is 16.6 Å². The highest BCUT2D eigenvalue weighted by molar-refractivity contribution is 7.58. The first-order valence-electron chi connectivity index (χ1n) is 13.8. The van der Waals surface area contributed by atoms with Gasteiger partial charge in [-0.2, -0.15) is 0 Å². The van der Waals surface area contributed by atoms with Crippen molar-refractivity contribution < 1.29 is 37.3 Å². The third-order valence-electron chi connectivity index (χ3n) is 7.47. The van der Waals surface area contributed by atoms with Crippen molar-refractivity contribution >= 4 is 21.6 Å². The number of carbonyl (C=O) groups is 1. The van der Waals surface area contributed by atoms with Gasteiger partial charge >= 0.3 is 5.69 Å². The number of carbonyl (C=O) groups excluding carboxylic acids is 1. The highest BCUT2D eigenvalue weighted by Gasteiger charge is 2.55. The first-order valence-corrected chi connectivity index (χ1v) is 18.9. The number of aromatic amines is 1. The number of aromatic nitrogens is 2. The van der Waals surface area contributed by atoms with Gasteiger partial charge in [-0.1, -0.05) is 20.8 Å². The molecule has 1 saturated heterocycles. The lowest BCUT2D eigenvalue weighted by Crippen LogP contribution is -2.53. The van der Waals surface area contributed by atoms with Crippen LogP contribution >= 0.6 is 7.37 Å². The minimum Gasteiger partial charge on any atom is -0.408 e. The van der Waals surface area contributed by atoms with E-state index in [1.54, 1.807) is 21.0 Å². The lowest BCUT2D eigenvalue weighted by atomic mass is 10.1. The average molecular weight is 622 g/mol. The van der Waals surface area contributed by atoms with Crippen LogP contribution in [0.2, 0.25) is 18.1 Å². The summed E-state index contributed by atoms with van der Waals surface area (Å²) < 4.78 is 51.2. The molecule has 1 aliphatic heterocycles. The van der Waals surface area contributed by atoms with Gasteiger partial charge in [-0.05, 0) is 32.0 Å². The molecule has 0 radical (unpaired) electrons. The third-order valence-corrected chi connectivity index (χ3v) is 13.8. The van der Waals surface area contributed by atoms with Crippen LogP contribution in [0, 0.1) is 6.92 Å². The molecule has 236 valence electrons. The molecule has 6 atom stereocenters. The number of methoxy groups -OCH3 is 1. The molecule has 15 heteroatoms. The molecule has 1 unspecified atom stereocenters. The second-order valence-corrected chi connectivity index (χ2v) is 19.2. The van der Waals surface area contributed by atoms with Crippen molar-refractivity contribution in [3.63, 3.8) is 0 Å². The molecular weight excluding hydrogens is 573 g/mol. The second-order valence-electron chi connectivity index (χ2n) is 11.8. The number of nitrogens with one attached hydrogen (secondary N) is 2. The molecule has 2 heterocycles. The van der Waals surface area contributed by atoms with Crippen molar-refractivity contribution in [1.29, 1.82) is 0 Å². The fraction of sp³-hybridized carbons (Fsp3) is 0.808. The summed E-state index contributed by atoms with van der Waals surface area (Å²) in [5, 5.41) is 2.31. The van der Waals surface area contributed by atoms with Gasteiger partial charge in [0.25, 0.3) is 5.56 Å². The number of hydrogen-bond acceptors (Lipinski definition) is 10. The first kappa shape index (κ1) is 35.6. The van der Waals surface area contributed by atoms with E-state index in [1.165, 1.54) is 24.5 Å². The third kappa shape index (κ3) is 9.42. The molecule has 1 aromatic rings. The van der Waals surface area contributed by atoms with Crippen molar-refractivity contribution in [2.75, 3.05) is 53.4 Å². The van der Waals surface area contributed by atoms with E-state index in [4.69, 9.17) is 27.9 Å². The van der Waals surface area contributed by atoms with Crippen LogP contribution in [0.5, 0.6) is 0 Å². The Labute approximate surface area is 243 Å². The zero-order valence-electron chi connectivity index (χ0n) is 26.0. The van der Waals surface area contributed by atoms with E-state index in [0.29, 0.717) is 5.56 Å². The predicted octanol–water partition coefficient (Wildman–Crippen LogP) is 2.24. The molecule has 2 N–H and O–H groups in total. The van der Waals surface area contributed by atoms with Crippen molar-refractivity contribution in [3.05, 3.63) is 32.6 Å². The zero-order valence-corrected chi connectivity index (χ0v) is 27.9. The Morgan fingerprint density at radius 2 is 1.90 bits per heavy atom. The zero-order chi connectivity index (χ0) is 31.2. The monoisotopic (exact) mass is 621 g/mol. The number of hydrogen-bond donors (Lipinski definition) is 2. The molecule has 41 heavy (non-hydrogen) atoms. The van der Waals surface area contributed by atoms with Gasteiger partial charge in [0.15, 0.2) is 14.5 Å². The normalized spacial score (nSPS) is 23.8. The molecule has 2 rings (SSSR count). The smallest absolute Gasteiger partial charge is 0.330 e. The largest absolute Gasteiger partial charge is 0.408 e. The number of amides is 1. The molecule has 0 saturated carbocycles. The fourth-order valence-corrected chi connectivity index (χ4v) is 7.14. The molecule has 1 amide bonds. The van der Waals surface area contributed by atoms with E-state index in [1.807, 2.05) is 0 Å². The highest BCUT2D eigenvalue weighted by atomic mass is 31.2. The van der Waals surface area contributed by atoms with Crippen LogP contribution in [0.25, 0.3) is 0 Å². The maximum atomic E-state index is 13.4. The summed E-state index contributed by atoms with van der Waals surface area (Å²) in [6.45, 7) is 15.6. The maximum absolute atomic E-state index is 13.4. The lowest BCUT2D eigenvalue weighted by molar-refractivity contribution is -0.135. The summed E-state index contributed by atoms with van der Waals surface area (Å²) in [6.07, 6.45) is -3.19. The standard InChI is InChI=1S/C26H48N3O10PSi/c1-11-37-40(8,33)16-18(36-15-19(30)27-6)20-21(39-41(9,10)26(3,4)5)22(35-13-12-34-7)24(38-20)29-14-17(2)23(31)28-25(29)32/h14,18,20-22,24H,11-13,15-16H2,1-10H3,(H,27,30)(H,28,31,32)/t18-,20-,21-,22-,24-,40?/m1/s1. The van der Waals surface area contributed by atoms with E-state index in [0.717, 1.165) is 0 Å². The van der Waals surface area contributed by atoms with Gasteiger partial charge in [0, 0.05) is 32.6 Å². The van der Waals surface area contributed by atoms with E-state index in [-0.39, 0.29) is 43.5 Å². The molecular formula is C26H48N3O10PSi. The van der Waals surface area contributed by atoms with E-state index in [2.05, 4.69) is 44.2 Å². The Morgan fingerprint density at radius 1 is 1.24 bits per heavy atom. The Balaban J connectivity index is 2.71. The molecule has 1 aromatic heterocycles. The number of rotatable bonds is 15. The number of H-pyrrole nitrogens is 1. The average Bonchev–Trinajstić information content (AvgIpc) is 3.20. The van der Waals surface area contributed by atoms with Gasteiger partial charge in [0.1, 0.15) is 24.9 Å². The van der Waals surface area contributed by atoms with Crippen molar-refractivity contribution in [1.82, 2.24) is 14.9 Å². The van der Waals surface area contributed by atoms with Gasteiger partial charge in [-0.15, -0.1) is 0 Å². The Bertz CT molecular complexity index is 1180. The molecule has 13 nitrogen and oxygen atoms in total. The van der Waals surface area contributed by atoms with Crippen molar-refractivity contribution in [2.45, 2.75) is 83.4 Å². The summed E-state index contributed by atoms with van der Waals surface area (Å²) in [5.74, 6) is -0.380. The summed E-state index contributed by atoms with van der Waals surface area (Å²) in [4.78, 5) is 39.7. The molecule has 0 spiro atoms. The second kappa shape index (κ2) is 14.7. The number of nitrogens with zero attached hydrogens (tertiary/aromatic N) is 1. The molecule has 0 aliphatic carbocycles. The van der Waals surface area contributed by atoms with E-state index < -0.39 is 57.6 Å². The van der Waals surface area contributed by atoms with Crippen LogP contribution in [0.15, 0.2) is 15.8 Å². The summed E-state index contributed by atoms with van der Waals surface area (Å²) >= 11 is 0. The van der Waals surface area contributed by atoms with Gasteiger partial charge in [-0.25, -0.2) is 4.79 Å². The highest BCUT2D eigenvalue weighted by Crippen LogP contribution is 2.47. The van der Waals surface area contributed by atoms with Crippen LogP contribution in [0.1, 0.15) is 39.5 Å². The topological polar surface area (TPSA) is 156 Å². The Morgan fingerprint density at radius 3 is 2.46 bits per heavy atom. The number of likely N-dealkylation sites (N-methyl/N-ethyl adjacent to an activating group) is 1. The molecule has 1 fully saturated rings. The Kier molecular flexibility index (Phi) is 12.7. The maximum Gasteiger partial charge on any atom is 0.330 e. The molecule has 0 aromatic carbocycles. The van der Waals surface area contributed by atoms with E-state index in [9.17, 15) is 18.9 Å². The van der Waals surface area contributed by atoms with E-state index >= 15 is 0 Å². The van der Waals surface area contributed by atoms with Crippen LogP contribution in [-0.4, -0.2) is 102 Å². The van der Waals surface area contributed by atoms with Gasteiger partial charge in [-0.3, -0.25) is 23.7 Å². The minimum absolute atomic E-state index is 0.0725. The predicted molar refractivity (Wildman–Crippen MR) is 157 cm³/mol. The van der Waals surface area contributed by atoms with Crippen LogP contribution in [-0.2, 0) is 37.3 Å².